The Labute approximate surface area is 139 Å². The molecule has 1 aliphatic heterocycles. The van der Waals surface area contributed by atoms with Crippen LogP contribution in [0.15, 0.2) is 0 Å². The van der Waals surface area contributed by atoms with Crippen molar-refractivity contribution < 1.29 is 14.3 Å². The third-order valence-electron chi connectivity index (χ3n) is 3.73. The van der Waals surface area contributed by atoms with Gasteiger partial charge in [0.15, 0.2) is 0 Å². The summed E-state index contributed by atoms with van der Waals surface area (Å²) in [6.07, 6.45) is 1.97. The largest absolute Gasteiger partial charge is 0.383 e. The summed E-state index contributed by atoms with van der Waals surface area (Å²) in [5.74, 6) is 0.273. The Balaban J connectivity index is 0.00000441. The Bertz CT molecular complexity index is 372. The minimum atomic E-state index is -0.599. The second kappa shape index (κ2) is 9.33. The summed E-state index contributed by atoms with van der Waals surface area (Å²) >= 11 is 0. The van der Waals surface area contributed by atoms with Crippen LogP contribution < -0.4 is 11.1 Å². The first-order valence-electron chi connectivity index (χ1n) is 7.57. The summed E-state index contributed by atoms with van der Waals surface area (Å²) in [6.45, 7) is 7.91. The number of hydrogen-bond acceptors (Lipinski definition) is 4. The molecule has 0 aromatic heterocycles. The summed E-state index contributed by atoms with van der Waals surface area (Å²) in [5.41, 5.74) is 5.41. The molecule has 0 aromatic rings. The van der Waals surface area contributed by atoms with Crippen LogP contribution in [0, 0.1) is 11.3 Å². The zero-order valence-electron chi connectivity index (χ0n) is 14.1. The number of rotatable bonds is 5. The van der Waals surface area contributed by atoms with Gasteiger partial charge in [-0.25, -0.2) is 0 Å². The van der Waals surface area contributed by atoms with Crippen molar-refractivity contribution in [2.75, 3.05) is 33.4 Å². The van der Waals surface area contributed by atoms with E-state index in [1.165, 1.54) is 7.11 Å². The van der Waals surface area contributed by atoms with E-state index >= 15 is 0 Å². The second-order valence-electron chi connectivity index (χ2n) is 6.81. The molecule has 1 fully saturated rings. The number of likely N-dealkylation sites (tertiary alicyclic amines) is 1. The number of nitrogens with one attached hydrogen (secondary N) is 1. The van der Waals surface area contributed by atoms with Crippen molar-refractivity contribution in [3.63, 3.8) is 0 Å². The quantitative estimate of drug-likeness (QED) is 0.777. The number of amides is 2. The molecule has 2 unspecified atom stereocenters. The number of ether oxygens (including phenoxy) is 1. The molecule has 0 spiro atoms. The average Bonchev–Trinajstić information content (AvgIpc) is 2.43. The van der Waals surface area contributed by atoms with E-state index in [-0.39, 0.29) is 36.2 Å². The summed E-state index contributed by atoms with van der Waals surface area (Å²) < 4.78 is 4.93. The fourth-order valence-electron chi connectivity index (χ4n) is 2.42. The monoisotopic (exact) mass is 335 g/mol. The molecule has 22 heavy (non-hydrogen) atoms. The van der Waals surface area contributed by atoms with E-state index in [2.05, 4.69) is 5.32 Å². The van der Waals surface area contributed by atoms with Crippen molar-refractivity contribution in [2.45, 2.75) is 39.7 Å². The number of nitrogens with zero attached hydrogens (tertiary/aromatic N) is 1. The second-order valence-corrected chi connectivity index (χ2v) is 6.81. The maximum Gasteiger partial charge on any atom is 0.241 e. The van der Waals surface area contributed by atoms with Gasteiger partial charge >= 0.3 is 0 Å². The molecule has 0 bridgehead atoms. The van der Waals surface area contributed by atoms with Crippen LogP contribution in [-0.4, -0.2) is 56.1 Å². The number of halogens is 1. The van der Waals surface area contributed by atoms with Crippen molar-refractivity contribution in [3.05, 3.63) is 0 Å². The molecule has 7 heteroatoms. The van der Waals surface area contributed by atoms with Gasteiger partial charge in [0.05, 0.1) is 6.61 Å². The molecular weight excluding hydrogens is 306 g/mol. The van der Waals surface area contributed by atoms with Crippen LogP contribution in [0.4, 0.5) is 0 Å². The molecule has 2 atom stereocenters. The molecule has 0 radical (unpaired) electrons. The third-order valence-corrected chi connectivity index (χ3v) is 3.73. The van der Waals surface area contributed by atoms with Crippen molar-refractivity contribution in [2.24, 2.45) is 17.1 Å². The fraction of sp³-hybridized carbons (Fsp3) is 0.867. The highest BCUT2D eigenvalue weighted by molar-refractivity contribution is 5.85. The maximum absolute atomic E-state index is 12.2. The lowest BCUT2D eigenvalue weighted by molar-refractivity contribution is -0.135. The molecule has 1 saturated heterocycles. The SMILES string of the molecule is COCC(N)C(=O)N1CCCC(CNC(=O)C(C)(C)C)C1.Cl. The lowest BCUT2D eigenvalue weighted by Gasteiger charge is -2.34. The van der Waals surface area contributed by atoms with Crippen molar-refractivity contribution in [1.82, 2.24) is 10.2 Å². The Kier molecular flexibility index (Phi) is 8.96. The highest BCUT2D eigenvalue weighted by Gasteiger charge is 2.28. The normalized spacial score (nSPS) is 20.0. The summed E-state index contributed by atoms with van der Waals surface area (Å²) in [4.78, 5) is 25.8. The lowest BCUT2D eigenvalue weighted by atomic mass is 9.94. The first-order chi connectivity index (χ1) is 9.75. The molecule has 130 valence electrons. The molecule has 1 heterocycles. The Morgan fingerprint density at radius 3 is 2.59 bits per heavy atom. The van der Waals surface area contributed by atoms with E-state index in [4.69, 9.17) is 10.5 Å². The molecular formula is C15H30ClN3O3. The summed E-state index contributed by atoms with van der Waals surface area (Å²) in [5, 5.41) is 2.97. The molecule has 1 aliphatic rings. The van der Waals surface area contributed by atoms with Gasteiger partial charge in [0.2, 0.25) is 11.8 Å². The molecule has 3 N–H and O–H groups in total. The first kappa shape index (κ1) is 21.1. The smallest absolute Gasteiger partial charge is 0.241 e. The Morgan fingerprint density at radius 2 is 2.05 bits per heavy atom. The molecule has 6 nitrogen and oxygen atoms in total. The standard InChI is InChI=1S/C15H29N3O3.ClH/c1-15(2,3)14(20)17-8-11-6-5-7-18(9-11)13(19)12(16)10-21-4;/h11-12H,5-10,16H2,1-4H3,(H,17,20);1H. The lowest BCUT2D eigenvalue weighted by Crippen LogP contribution is -2.51. The van der Waals surface area contributed by atoms with E-state index in [0.29, 0.717) is 19.0 Å². The van der Waals surface area contributed by atoms with Gasteiger partial charge in [-0.3, -0.25) is 9.59 Å². The number of nitrogens with two attached hydrogens (primary N) is 1. The van der Waals surface area contributed by atoms with Crippen LogP contribution in [0.3, 0.4) is 0 Å². The summed E-state index contributed by atoms with van der Waals surface area (Å²) in [6, 6.07) is -0.599. The first-order valence-corrected chi connectivity index (χ1v) is 7.57. The minimum Gasteiger partial charge on any atom is -0.383 e. The fourth-order valence-corrected chi connectivity index (χ4v) is 2.42. The van der Waals surface area contributed by atoms with Gasteiger partial charge < -0.3 is 20.7 Å². The molecule has 1 rings (SSSR count). The Hall–Kier alpha value is -0.850. The maximum atomic E-state index is 12.2. The zero-order valence-corrected chi connectivity index (χ0v) is 14.9. The zero-order chi connectivity index (χ0) is 16.0. The average molecular weight is 336 g/mol. The molecule has 2 amide bonds. The predicted molar refractivity (Wildman–Crippen MR) is 88.9 cm³/mol. The Morgan fingerprint density at radius 1 is 1.41 bits per heavy atom. The van der Waals surface area contributed by atoms with Crippen LogP contribution in [0.1, 0.15) is 33.6 Å². The molecule has 0 aromatic carbocycles. The van der Waals surface area contributed by atoms with E-state index in [0.717, 1.165) is 19.4 Å². The van der Waals surface area contributed by atoms with Crippen LogP contribution in [0.5, 0.6) is 0 Å². The van der Waals surface area contributed by atoms with Crippen molar-refractivity contribution in [3.8, 4) is 0 Å². The summed E-state index contributed by atoms with van der Waals surface area (Å²) in [7, 11) is 1.54. The van der Waals surface area contributed by atoms with Gasteiger partial charge in [-0.05, 0) is 18.8 Å². The van der Waals surface area contributed by atoms with Gasteiger partial charge in [0.25, 0.3) is 0 Å². The van der Waals surface area contributed by atoms with Crippen LogP contribution >= 0.6 is 12.4 Å². The van der Waals surface area contributed by atoms with E-state index < -0.39 is 6.04 Å². The minimum absolute atomic E-state index is 0. The van der Waals surface area contributed by atoms with Crippen LogP contribution in [0.25, 0.3) is 0 Å². The number of carbonyl (C=O) groups excluding carboxylic acids is 2. The number of piperidine rings is 1. The topological polar surface area (TPSA) is 84.7 Å². The van der Waals surface area contributed by atoms with Crippen LogP contribution in [-0.2, 0) is 14.3 Å². The number of methoxy groups -OCH3 is 1. The highest BCUT2D eigenvalue weighted by Crippen LogP contribution is 2.18. The van der Waals surface area contributed by atoms with Crippen molar-refractivity contribution >= 4 is 24.2 Å². The number of carbonyl (C=O) groups is 2. The van der Waals surface area contributed by atoms with Gasteiger partial charge in [-0.1, -0.05) is 20.8 Å². The molecule has 0 aliphatic carbocycles. The highest BCUT2D eigenvalue weighted by atomic mass is 35.5. The van der Waals surface area contributed by atoms with Gasteiger partial charge in [-0.15, -0.1) is 12.4 Å². The predicted octanol–water partition coefficient (Wildman–Crippen LogP) is 0.783. The van der Waals surface area contributed by atoms with Crippen molar-refractivity contribution in [1.29, 1.82) is 0 Å². The van der Waals surface area contributed by atoms with Crippen LogP contribution in [0.2, 0.25) is 0 Å². The third kappa shape index (κ3) is 6.50. The molecule has 0 saturated carbocycles. The van der Waals surface area contributed by atoms with E-state index in [9.17, 15) is 9.59 Å². The van der Waals surface area contributed by atoms with Gasteiger partial charge in [-0.2, -0.15) is 0 Å². The van der Waals surface area contributed by atoms with Gasteiger partial charge in [0.1, 0.15) is 6.04 Å². The van der Waals surface area contributed by atoms with E-state index in [1.807, 2.05) is 20.8 Å². The van der Waals surface area contributed by atoms with E-state index in [1.54, 1.807) is 4.90 Å². The number of hydrogen-bond donors (Lipinski definition) is 2. The van der Waals surface area contributed by atoms with Gasteiger partial charge in [0, 0.05) is 32.2 Å².